The van der Waals surface area contributed by atoms with Crippen LogP contribution in [0, 0.1) is 148 Å². The topological polar surface area (TPSA) is 119 Å². The summed E-state index contributed by atoms with van der Waals surface area (Å²) in [4.78, 5) is 6.40. The van der Waals surface area contributed by atoms with Gasteiger partial charge in [-0.25, -0.2) is 0 Å². The Labute approximate surface area is 417 Å². The van der Waals surface area contributed by atoms with Crippen LogP contribution in [0.5, 0.6) is 0 Å². The zero-order valence-electron chi connectivity index (χ0n) is 36.4. The Kier molecular flexibility index (Phi) is 31.2. The van der Waals surface area contributed by atoms with Gasteiger partial charge < -0.3 is 0 Å². The number of nitriles is 5. The monoisotopic (exact) mass is 979 g/mol. The van der Waals surface area contributed by atoms with Crippen molar-refractivity contribution >= 4 is 79.4 Å². The number of allylic oxidation sites excluding steroid dienone is 2. The van der Waals surface area contributed by atoms with Crippen molar-refractivity contribution < 1.29 is 0 Å². The molecule has 7 aromatic heterocycles. The molecule has 320 valence electrons. The van der Waals surface area contributed by atoms with E-state index in [0.717, 1.165) is 56.4 Å². The lowest BCUT2D eigenvalue weighted by Crippen LogP contribution is -1.67. The third-order valence-electron chi connectivity index (χ3n) is 6.62. The van der Waals surface area contributed by atoms with Crippen LogP contribution in [-0.2, 0) is 0 Å². The Morgan fingerprint density at radius 3 is 1.50 bits per heavy atom. The van der Waals surface area contributed by atoms with Crippen LogP contribution in [0.3, 0.4) is 0 Å². The molecule has 7 heterocycles. The van der Waals surface area contributed by atoms with Crippen LogP contribution < -0.4 is 0 Å². The van der Waals surface area contributed by atoms with Crippen molar-refractivity contribution in [1.82, 2.24) is 0 Å². The average Bonchev–Trinajstić information content (AvgIpc) is 4.20. The van der Waals surface area contributed by atoms with E-state index in [0.29, 0.717) is 0 Å². The minimum absolute atomic E-state index is 0.755. The maximum Gasteiger partial charge on any atom is 0.110 e. The Morgan fingerprint density at radius 1 is 0.485 bits per heavy atom. The SMILES string of the molecule is C=CC#CC#Cc1ccc(C#CC)s1.C=CC#Cc1ccc(C#CC#CC)s1.Cc1ccsc1C#N.Cc1csc(C#N)c1.Cc1cscc1C#N.N#Cc1cccs1.N#Cc1ccsc1. The van der Waals surface area contributed by atoms with Crippen molar-refractivity contribution in [3.05, 3.63) is 180 Å². The van der Waals surface area contributed by atoms with Crippen molar-refractivity contribution in [2.45, 2.75) is 34.6 Å². The number of nitrogens with zero attached hydrogens (tertiary/aromatic N) is 5. The lowest BCUT2D eigenvalue weighted by Gasteiger charge is -1.76. The second-order valence-corrected chi connectivity index (χ2v) is 17.9. The van der Waals surface area contributed by atoms with Crippen molar-refractivity contribution in [3.8, 4) is 101 Å². The first-order chi connectivity index (χ1) is 32.1. The highest BCUT2D eigenvalue weighted by Crippen LogP contribution is 2.15. The van der Waals surface area contributed by atoms with Crippen LogP contribution in [0.25, 0.3) is 0 Å². The van der Waals surface area contributed by atoms with E-state index in [-0.39, 0.29) is 0 Å². The normalized spacial score (nSPS) is 7.70. The summed E-state index contributed by atoms with van der Waals surface area (Å²) in [6.07, 6.45) is 3.10. The fourth-order valence-electron chi connectivity index (χ4n) is 3.65. The van der Waals surface area contributed by atoms with Crippen molar-refractivity contribution in [1.29, 1.82) is 26.3 Å². The van der Waals surface area contributed by atoms with Gasteiger partial charge in [0.1, 0.15) is 38.9 Å². The molecular formula is C54H37N5S7. The van der Waals surface area contributed by atoms with E-state index in [1.165, 1.54) is 45.6 Å². The molecule has 0 saturated carbocycles. The molecule has 0 spiro atoms. The average molecular weight is 980 g/mol. The molecule has 0 bridgehead atoms. The second kappa shape index (κ2) is 36.7. The molecule has 0 saturated heterocycles. The van der Waals surface area contributed by atoms with Crippen molar-refractivity contribution in [3.63, 3.8) is 0 Å². The molecule has 0 N–H and O–H groups in total. The van der Waals surface area contributed by atoms with Gasteiger partial charge in [0.05, 0.1) is 36.7 Å². The maximum atomic E-state index is 8.37. The molecule has 0 aliphatic carbocycles. The highest BCUT2D eigenvalue weighted by atomic mass is 32.1. The molecule has 7 aromatic rings. The number of rotatable bonds is 0. The van der Waals surface area contributed by atoms with E-state index >= 15 is 0 Å². The smallest absolute Gasteiger partial charge is 0.110 e. The fourth-order valence-corrected chi connectivity index (χ4v) is 8.40. The summed E-state index contributed by atoms with van der Waals surface area (Å²) < 4.78 is 0. The Morgan fingerprint density at radius 2 is 1.14 bits per heavy atom. The molecule has 0 radical (unpaired) electrons. The molecule has 12 heteroatoms. The lowest BCUT2D eigenvalue weighted by atomic mass is 10.2. The van der Waals surface area contributed by atoms with Gasteiger partial charge in [-0.15, -0.1) is 62.6 Å². The summed E-state index contributed by atoms with van der Waals surface area (Å²) >= 11 is 10.7. The van der Waals surface area contributed by atoms with Crippen LogP contribution in [0.2, 0.25) is 0 Å². The van der Waals surface area contributed by atoms with Gasteiger partial charge >= 0.3 is 0 Å². The van der Waals surface area contributed by atoms with Crippen LogP contribution in [0.4, 0.5) is 0 Å². The quantitative estimate of drug-likeness (QED) is 0.140. The van der Waals surface area contributed by atoms with Gasteiger partial charge in [-0.2, -0.15) is 49.0 Å². The molecule has 0 unspecified atom stereocenters. The standard InChI is InChI=1S/2C13H8S.3C6H5NS.2C5H3NS/c1-3-5-6-7-9-13-11-10-12(14-13)8-4-2;1-3-5-7-9-13-11-10-12(14-13)8-6-4-2;1-5-3-8-4-6(5)2-7;1-5-2-6(3-7)8-4-5;1-5-2-3-8-6(5)4-7;6-3-5-1-2-7-4-5;6-4-5-2-1-3-7-5/h3,10-11H,1H2,2H3;4,10-11H,2H2,1H3;3-4H,1H3;2,4H,1H3;2-3H,1H3;1-2,4H;1-3H. The van der Waals surface area contributed by atoms with E-state index in [2.05, 4.69) is 102 Å². The third-order valence-corrected chi connectivity index (χ3v) is 12.6. The number of hydrogen-bond acceptors (Lipinski definition) is 12. The minimum Gasteiger partial charge on any atom is -0.192 e. The number of hydrogen-bond donors (Lipinski definition) is 0. The largest absolute Gasteiger partial charge is 0.192 e. The van der Waals surface area contributed by atoms with Crippen LogP contribution in [0.15, 0.2) is 118 Å². The summed E-state index contributed by atoms with van der Waals surface area (Å²) in [6.45, 7) is 16.5. The lowest BCUT2D eigenvalue weighted by molar-refractivity contribution is 1.45. The Hall–Kier alpha value is -7.81. The second-order valence-electron chi connectivity index (χ2n) is 11.5. The van der Waals surface area contributed by atoms with Crippen LogP contribution in [-0.4, -0.2) is 0 Å². The van der Waals surface area contributed by atoms with E-state index in [1.54, 1.807) is 70.5 Å². The number of aryl methyl sites for hydroxylation is 3. The summed E-state index contributed by atoms with van der Waals surface area (Å²) in [5, 5.41) is 54.7. The van der Waals surface area contributed by atoms with E-state index in [4.69, 9.17) is 26.3 Å². The van der Waals surface area contributed by atoms with E-state index < -0.39 is 0 Å². The van der Waals surface area contributed by atoms with Crippen molar-refractivity contribution in [2.24, 2.45) is 0 Å². The summed E-state index contributed by atoms with van der Waals surface area (Å²) in [5.74, 6) is 33.7. The Bertz CT molecular complexity index is 3090. The number of thiophene rings is 7. The summed E-state index contributed by atoms with van der Waals surface area (Å²) in [6, 6.07) is 27.4. The third kappa shape index (κ3) is 26.0. The molecule has 0 aliphatic rings. The molecule has 0 aromatic carbocycles. The Balaban J connectivity index is 0.000000393. The van der Waals surface area contributed by atoms with Gasteiger partial charge in [0, 0.05) is 10.8 Å². The molecule has 0 atom stereocenters. The van der Waals surface area contributed by atoms with Gasteiger partial charge in [-0.05, 0) is 174 Å². The summed E-state index contributed by atoms with van der Waals surface area (Å²) in [7, 11) is 0. The molecule has 0 amide bonds. The van der Waals surface area contributed by atoms with Crippen LogP contribution in [0.1, 0.15) is 75.8 Å². The van der Waals surface area contributed by atoms with Crippen LogP contribution >= 0.6 is 79.4 Å². The molecule has 5 nitrogen and oxygen atoms in total. The molecule has 66 heavy (non-hydrogen) atoms. The molecule has 0 aliphatic heterocycles. The van der Waals surface area contributed by atoms with Gasteiger partial charge in [0.2, 0.25) is 0 Å². The molecule has 0 fully saturated rings. The first-order valence-electron chi connectivity index (χ1n) is 18.6. The van der Waals surface area contributed by atoms with Gasteiger partial charge in [-0.1, -0.05) is 48.8 Å². The maximum absolute atomic E-state index is 8.37. The fraction of sp³-hybridized carbons (Fsp3) is 0.0926. The molecular weight excluding hydrogens is 943 g/mol. The van der Waals surface area contributed by atoms with E-state index in [9.17, 15) is 0 Å². The van der Waals surface area contributed by atoms with Gasteiger partial charge in [0.15, 0.2) is 0 Å². The van der Waals surface area contributed by atoms with E-state index in [1.807, 2.05) is 120 Å². The minimum atomic E-state index is 0.755. The predicted octanol–water partition coefficient (Wildman–Crippen LogP) is 14.3. The van der Waals surface area contributed by atoms with Gasteiger partial charge in [0.25, 0.3) is 0 Å². The van der Waals surface area contributed by atoms with Gasteiger partial charge in [-0.3, -0.25) is 0 Å². The highest BCUT2D eigenvalue weighted by Gasteiger charge is 1.95. The first-order valence-corrected chi connectivity index (χ1v) is 24.8. The summed E-state index contributed by atoms with van der Waals surface area (Å²) in [5.41, 5.74) is 4.89. The zero-order chi connectivity index (χ0) is 48.6. The zero-order valence-corrected chi connectivity index (χ0v) is 42.1. The van der Waals surface area contributed by atoms with Crippen molar-refractivity contribution in [2.75, 3.05) is 0 Å². The molecule has 7 rings (SSSR count). The first kappa shape index (κ1) is 56.2. The predicted molar refractivity (Wildman–Crippen MR) is 283 cm³/mol. The highest BCUT2D eigenvalue weighted by molar-refractivity contribution is 7.13.